The number of nitrogens with zero attached hydrogens (tertiary/aromatic N) is 6. The zero-order valence-electron chi connectivity index (χ0n) is 16.9. The molecular weight excluding hydrogens is 364 g/mol. The lowest BCUT2D eigenvalue weighted by Crippen LogP contribution is -2.48. The molecule has 1 aromatic heterocycles. The predicted octanol–water partition coefficient (Wildman–Crippen LogP) is 2.23. The van der Waals surface area contributed by atoms with E-state index in [9.17, 15) is 0 Å². The molecule has 1 unspecified atom stereocenters. The topological polar surface area (TPSA) is 59.3 Å². The highest BCUT2D eigenvalue weighted by atomic mass is 16.5. The number of aromatic nitrogens is 4. The number of hydrogen-bond acceptors (Lipinski definition) is 6. The van der Waals surface area contributed by atoms with Crippen LogP contribution in [0.4, 0.5) is 0 Å². The van der Waals surface area contributed by atoms with Crippen LogP contribution in [0, 0.1) is 0 Å². The third-order valence-electron chi connectivity index (χ3n) is 5.45. The Morgan fingerprint density at radius 1 is 0.931 bits per heavy atom. The lowest BCUT2D eigenvalue weighted by Gasteiger charge is -2.39. The van der Waals surface area contributed by atoms with E-state index in [1.54, 1.807) is 7.11 Å². The van der Waals surface area contributed by atoms with E-state index in [0.717, 1.165) is 38.5 Å². The second-order valence-corrected chi connectivity index (χ2v) is 7.36. The summed E-state index contributed by atoms with van der Waals surface area (Å²) in [7, 11) is 1.70. The standard InChI is InChI=1S/C22H28N6O/c1-29-17-16-28-22(23-24-25-28)21(20-10-6-3-7-11-20)27-14-12-26(13-15-27)18-19-8-4-2-5-9-19/h2-11,21H,12-18H2,1H3. The van der Waals surface area contributed by atoms with Crippen LogP contribution in [-0.4, -0.2) is 69.9 Å². The summed E-state index contributed by atoms with van der Waals surface area (Å²) in [5.41, 5.74) is 2.58. The summed E-state index contributed by atoms with van der Waals surface area (Å²) < 4.78 is 7.11. The highest BCUT2D eigenvalue weighted by Crippen LogP contribution is 2.28. The third-order valence-corrected chi connectivity index (χ3v) is 5.45. The molecular formula is C22H28N6O. The Morgan fingerprint density at radius 3 is 2.31 bits per heavy atom. The predicted molar refractivity (Wildman–Crippen MR) is 111 cm³/mol. The molecule has 0 radical (unpaired) electrons. The minimum absolute atomic E-state index is 0.0435. The van der Waals surface area contributed by atoms with Gasteiger partial charge in [-0.3, -0.25) is 9.80 Å². The van der Waals surface area contributed by atoms with Gasteiger partial charge in [0.05, 0.1) is 19.2 Å². The van der Waals surface area contributed by atoms with E-state index in [1.807, 2.05) is 10.7 Å². The molecule has 2 aromatic carbocycles. The van der Waals surface area contributed by atoms with Crippen molar-refractivity contribution in [1.29, 1.82) is 0 Å². The maximum absolute atomic E-state index is 5.24. The Bertz CT molecular complexity index is 861. The molecule has 1 aliphatic heterocycles. The first kappa shape index (κ1) is 19.7. The van der Waals surface area contributed by atoms with Crippen molar-refractivity contribution in [3.8, 4) is 0 Å². The molecule has 4 rings (SSSR count). The smallest absolute Gasteiger partial charge is 0.173 e. The second-order valence-electron chi connectivity index (χ2n) is 7.36. The van der Waals surface area contributed by atoms with Gasteiger partial charge in [0, 0.05) is 39.8 Å². The number of benzene rings is 2. The highest BCUT2D eigenvalue weighted by molar-refractivity contribution is 5.25. The molecule has 152 valence electrons. The van der Waals surface area contributed by atoms with Crippen LogP contribution in [0.3, 0.4) is 0 Å². The van der Waals surface area contributed by atoms with Gasteiger partial charge in [0.25, 0.3) is 0 Å². The molecule has 3 aromatic rings. The van der Waals surface area contributed by atoms with E-state index in [2.05, 4.69) is 79.9 Å². The summed E-state index contributed by atoms with van der Waals surface area (Å²) >= 11 is 0. The molecule has 29 heavy (non-hydrogen) atoms. The molecule has 0 saturated carbocycles. The number of tetrazole rings is 1. The first-order chi connectivity index (χ1) is 14.3. The molecule has 1 saturated heterocycles. The fraction of sp³-hybridized carbons (Fsp3) is 0.409. The lowest BCUT2D eigenvalue weighted by molar-refractivity contribution is 0.0989. The summed E-state index contributed by atoms with van der Waals surface area (Å²) in [6.07, 6.45) is 0. The maximum atomic E-state index is 5.24. The minimum atomic E-state index is 0.0435. The molecule has 0 bridgehead atoms. The van der Waals surface area contributed by atoms with E-state index in [4.69, 9.17) is 4.74 Å². The highest BCUT2D eigenvalue weighted by Gasteiger charge is 2.30. The number of hydrogen-bond donors (Lipinski definition) is 0. The van der Waals surface area contributed by atoms with Crippen molar-refractivity contribution in [2.45, 2.75) is 19.1 Å². The molecule has 1 fully saturated rings. The van der Waals surface area contributed by atoms with E-state index < -0.39 is 0 Å². The van der Waals surface area contributed by atoms with Crippen LogP contribution in [0.2, 0.25) is 0 Å². The molecule has 0 amide bonds. The summed E-state index contributed by atoms with van der Waals surface area (Å²) in [5.74, 6) is 0.879. The fourth-order valence-electron chi connectivity index (χ4n) is 3.92. The summed E-state index contributed by atoms with van der Waals surface area (Å²) in [6, 6.07) is 21.3. The van der Waals surface area contributed by atoms with Crippen LogP contribution < -0.4 is 0 Å². The van der Waals surface area contributed by atoms with Crippen molar-refractivity contribution in [3.63, 3.8) is 0 Å². The van der Waals surface area contributed by atoms with Gasteiger partial charge in [0.2, 0.25) is 0 Å². The quantitative estimate of drug-likeness (QED) is 0.586. The van der Waals surface area contributed by atoms with Crippen molar-refractivity contribution in [2.75, 3.05) is 39.9 Å². The zero-order valence-corrected chi connectivity index (χ0v) is 16.9. The molecule has 1 aliphatic rings. The molecule has 0 aliphatic carbocycles. The Morgan fingerprint density at radius 2 is 1.62 bits per heavy atom. The molecule has 0 N–H and O–H groups in total. The first-order valence-electron chi connectivity index (χ1n) is 10.2. The normalized spacial score (nSPS) is 16.7. The van der Waals surface area contributed by atoms with Crippen LogP contribution in [0.1, 0.15) is 23.0 Å². The van der Waals surface area contributed by atoms with Crippen molar-refractivity contribution in [2.24, 2.45) is 0 Å². The minimum Gasteiger partial charge on any atom is -0.383 e. The van der Waals surface area contributed by atoms with Crippen molar-refractivity contribution < 1.29 is 4.74 Å². The average Bonchev–Trinajstić information content (AvgIpc) is 3.23. The van der Waals surface area contributed by atoms with Gasteiger partial charge < -0.3 is 4.74 Å². The Balaban J connectivity index is 1.50. The van der Waals surface area contributed by atoms with Crippen LogP contribution in [0.25, 0.3) is 0 Å². The van der Waals surface area contributed by atoms with Crippen molar-refractivity contribution in [1.82, 2.24) is 30.0 Å². The molecule has 7 heteroatoms. The average molecular weight is 393 g/mol. The van der Waals surface area contributed by atoms with E-state index in [-0.39, 0.29) is 6.04 Å². The summed E-state index contributed by atoms with van der Waals surface area (Å²) in [6.45, 7) is 6.24. The van der Waals surface area contributed by atoms with Gasteiger partial charge in [-0.05, 0) is 21.6 Å². The zero-order chi connectivity index (χ0) is 19.9. The lowest BCUT2D eigenvalue weighted by atomic mass is 10.0. The number of rotatable bonds is 8. The number of ether oxygens (including phenoxy) is 1. The molecule has 0 spiro atoms. The van der Waals surface area contributed by atoms with Crippen molar-refractivity contribution >= 4 is 0 Å². The van der Waals surface area contributed by atoms with Gasteiger partial charge in [-0.1, -0.05) is 60.7 Å². The largest absolute Gasteiger partial charge is 0.383 e. The van der Waals surface area contributed by atoms with Crippen LogP contribution >= 0.6 is 0 Å². The van der Waals surface area contributed by atoms with E-state index in [1.165, 1.54) is 11.1 Å². The second kappa shape index (κ2) is 9.73. The van der Waals surface area contributed by atoms with Gasteiger partial charge in [0.1, 0.15) is 0 Å². The Kier molecular flexibility index (Phi) is 6.61. The van der Waals surface area contributed by atoms with Gasteiger partial charge in [-0.15, -0.1) is 5.10 Å². The van der Waals surface area contributed by atoms with Crippen LogP contribution in [0.5, 0.6) is 0 Å². The van der Waals surface area contributed by atoms with Gasteiger partial charge >= 0.3 is 0 Å². The van der Waals surface area contributed by atoms with Crippen molar-refractivity contribution in [3.05, 3.63) is 77.6 Å². The van der Waals surface area contributed by atoms with Gasteiger partial charge in [0.15, 0.2) is 5.82 Å². The molecule has 2 heterocycles. The Labute approximate surface area is 171 Å². The number of piperazine rings is 1. The molecule has 1 atom stereocenters. The van der Waals surface area contributed by atoms with Crippen LogP contribution in [-0.2, 0) is 17.8 Å². The fourth-order valence-corrected chi connectivity index (χ4v) is 3.92. The maximum Gasteiger partial charge on any atom is 0.173 e. The van der Waals surface area contributed by atoms with Gasteiger partial charge in [-0.25, -0.2) is 4.68 Å². The SMILES string of the molecule is COCCn1nnnc1C(c1ccccc1)N1CCN(Cc2ccccc2)CC1. The summed E-state index contributed by atoms with van der Waals surface area (Å²) in [5, 5.41) is 12.6. The first-order valence-corrected chi connectivity index (χ1v) is 10.2. The van der Waals surface area contributed by atoms with E-state index >= 15 is 0 Å². The van der Waals surface area contributed by atoms with Crippen LogP contribution in [0.15, 0.2) is 60.7 Å². The van der Waals surface area contributed by atoms with Gasteiger partial charge in [-0.2, -0.15) is 0 Å². The Hall–Kier alpha value is -2.61. The third kappa shape index (κ3) is 4.87. The number of methoxy groups -OCH3 is 1. The molecule has 7 nitrogen and oxygen atoms in total. The van der Waals surface area contributed by atoms with E-state index in [0.29, 0.717) is 13.2 Å². The summed E-state index contributed by atoms with van der Waals surface area (Å²) in [4.78, 5) is 5.01. The monoisotopic (exact) mass is 392 g/mol.